The van der Waals surface area contributed by atoms with Crippen LogP contribution in [-0.4, -0.2) is 53.3 Å². The highest BCUT2D eigenvalue weighted by molar-refractivity contribution is 8.00. The monoisotopic (exact) mass is 623 g/mol. The topological polar surface area (TPSA) is 114 Å². The number of thioether (sulfide) groups is 1. The molecule has 1 aliphatic heterocycles. The summed E-state index contributed by atoms with van der Waals surface area (Å²) in [5, 5.41) is 5.84. The highest BCUT2D eigenvalue weighted by Crippen LogP contribution is 2.39. The molecular formula is C32H37N3O6S2. The summed E-state index contributed by atoms with van der Waals surface area (Å²) >= 11 is 2.65. The number of nitrogens with one attached hydrogen (secondary N) is 2. The van der Waals surface area contributed by atoms with Gasteiger partial charge in [0.2, 0.25) is 5.91 Å². The van der Waals surface area contributed by atoms with Crippen LogP contribution in [0.1, 0.15) is 70.8 Å². The number of thiophene rings is 1. The number of anilines is 2. The van der Waals surface area contributed by atoms with Crippen LogP contribution >= 0.6 is 23.1 Å². The van der Waals surface area contributed by atoms with Crippen molar-refractivity contribution in [1.82, 2.24) is 4.90 Å². The first kappa shape index (κ1) is 32.1. The van der Waals surface area contributed by atoms with Crippen molar-refractivity contribution in [1.29, 1.82) is 0 Å². The average molecular weight is 624 g/mol. The van der Waals surface area contributed by atoms with Gasteiger partial charge < -0.3 is 25.0 Å². The van der Waals surface area contributed by atoms with Gasteiger partial charge in [-0.05, 0) is 75.9 Å². The Bertz CT molecular complexity index is 1530. The average Bonchev–Trinajstić information content (AvgIpc) is 3.31. The van der Waals surface area contributed by atoms with E-state index >= 15 is 0 Å². The molecule has 3 amide bonds. The van der Waals surface area contributed by atoms with Crippen LogP contribution < -0.4 is 10.6 Å². The minimum absolute atomic E-state index is 0.202. The van der Waals surface area contributed by atoms with Crippen LogP contribution in [-0.2, 0) is 27.2 Å². The second-order valence-electron chi connectivity index (χ2n) is 11.2. The number of fused-ring (bicyclic) bond motifs is 1. The molecule has 0 saturated heterocycles. The first-order valence-electron chi connectivity index (χ1n) is 14.1. The van der Waals surface area contributed by atoms with E-state index in [0.717, 1.165) is 20.9 Å². The van der Waals surface area contributed by atoms with Gasteiger partial charge in [0.15, 0.2) is 0 Å². The number of hydrogen-bond donors (Lipinski definition) is 2. The number of esters is 1. The van der Waals surface area contributed by atoms with Crippen molar-refractivity contribution in [2.45, 2.75) is 69.8 Å². The Morgan fingerprint density at radius 3 is 2.49 bits per heavy atom. The van der Waals surface area contributed by atoms with Crippen LogP contribution in [0, 0.1) is 6.92 Å². The zero-order valence-corrected chi connectivity index (χ0v) is 26.9. The Labute approximate surface area is 260 Å². The molecule has 2 N–H and O–H groups in total. The lowest BCUT2D eigenvalue weighted by Gasteiger charge is -2.30. The number of carbonyl (C=O) groups is 4. The van der Waals surface area contributed by atoms with Crippen molar-refractivity contribution < 1.29 is 28.7 Å². The number of rotatable bonds is 8. The van der Waals surface area contributed by atoms with E-state index in [1.807, 2.05) is 71.0 Å². The second kappa shape index (κ2) is 13.6. The smallest absolute Gasteiger partial charge is 0.410 e. The van der Waals surface area contributed by atoms with E-state index in [9.17, 15) is 19.2 Å². The molecule has 0 fully saturated rings. The highest BCUT2D eigenvalue weighted by atomic mass is 32.2. The SMILES string of the molecule is CCC(Sc1cccc(NC(=O)c2ccccc2C)c1)C(=O)Nc1sc2c(c1C(=O)OC)CCN(C(=O)OC(C)(C)C)C2. The lowest BCUT2D eigenvalue weighted by molar-refractivity contribution is -0.115. The predicted molar refractivity (Wildman–Crippen MR) is 170 cm³/mol. The molecule has 0 saturated carbocycles. The first-order valence-corrected chi connectivity index (χ1v) is 15.7. The molecule has 2 aromatic carbocycles. The standard InChI is InChI=1S/C32H37N3O6S2/c1-7-24(42-21-13-10-12-20(17-21)33-27(36)22-14-9-8-11-19(22)2)28(37)34-29-26(30(38)40-6)23-15-16-35(18-25(23)43-29)31(39)41-32(3,4)5/h8-14,17,24H,7,15-16,18H2,1-6H3,(H,33,36)(H,34,37). The van der Waals surface area contributed by atoms with E-state index in [0.29, 0.717) is 41.2 Å². The van der Waals surface area contributed by atoms with Gasteiger partial charge in [0.05, 0.1) is 24.5 Å². The quantitative estimate of drug-likeness (QED) is 0.207. The van der Waals surface area contributed by atoms with E-state index in [1.165, 1.54) is 30.2 Å². The maximum atomic E-state index is 13.5. The molecular weight excluding hydrogens is 587 g/mol. The number of amides is 3. The molecule has 0 bridgehead atoms. The number of ether oxygens (including phenoxy) is 2. The fraction of sp³-hybridized carbons (Fsp3) is 0.375. The highest BCUT2D eigenvalue weighted by Gasteiger charge is 2.33. The third kappa shape index (κ3) is 7.97. The first-order chi connectivity index (χ1) is 20.4. The van der Waals surface area contributed by atoms with Crippen LogP contribution in [0.5, 0.6) is 0 Å². The number of carbonyl (C=O) groups excluding carboxylic acids is 4. The number of nitrogens with zero attached hydrogens (tertiary/aromatic N) is 1. The molecule has 0 radical (unpaired) electrons. The van der Waals surface area contributed by atoms with Gasteiger partial charge >= 0.3 is 12.1 Å². The Hall–Kier alpha value is -3.83. The predicted octanol–water partition coefficient (Wildman–Crippen LogP) is 6.90. The summed E-state index contributed by atoms with van der Waals surface area (Å²) < 4.78 is 10.6. The Kier molecular flexibility index (Phi) is 10.2. The summed E-state index contributed by atoms with van der Waals surface area (Å²) in [7, 11) is 1.31. The molecule has 1 atom stereocenters. The molecule has 228 valence electrons. The van der Waals surface area contributed by atoms with Crippen molar-refractivity contribution in [3.05, 3.63) is 75.7 Å². The van der Waals surface area contributed by atoms with Gasteiger partial charge in [-0.1, -0.05) is 31.2 Å². The Morgan fingerprint density at radius 1 is 1.07 bits per heavy atom. The third-order valence-corrected chi connectivity index (χ3v) is 9.25. The van der Waals surface area contributed by atoms with Gasteiger partial charge in [-0.25, -0.2) is 9.59 Å². The van der Waals surface area contributed by atoms with E-state index in [4.69, 9.17) is 9.47 Å². The molecule has 4 rings (SSSR count). The number of methoxy groups -OCH3 is 1. The molecule has 1 aromatic heterocycles. The molecule has 0 aliphatic carbocycles. The minimum Gasteiger partial charge on any atom is -0.465 e. The van der Waals surface area contributed by atoms with E-state index in [2.05, 4.69) is 10.6 Å². The van der Waals surface area contributed by atoms with Crippen molar-refractivity contribution in [3.8, 4) is 0 Å². The van der Waals surface area contributed by atoms with Gasteiger partial charge in [-0.3, -0.25) is 9.59 Å². The molecule has 0 spiro atoms. The zero-order valence-electron chi connectivity index (χ0n) is 25.2. The van der Waals surface area contributed by atoms with Crippen LogP contribution in [0.25, 0.3) is 0 Å². The minimum atomic E-state index is -0.623. The summed E-state index contributed by atoms with van der Waals surface area (Å²) in [5.74, 6) is -0.988. The molecule has 1 unspecified atom stereocenters. The molecule has 1 aliphatic rings. The number of benzene rings is 2. The van der Waals surface area contributed by atoms with E-state index in [-0.39, 0.29) is 18.4 Å². The van der Waals surface area contributed by atoms with Crippen LogP contribution in [0.2, 0.25) is 0 Å². The van der Waals surface area contributed by atoms with Crippen molar-refractivity contribution in [2.24, 2.45) is 0 Å². The summed E-state index contributed by atoms with van der Waals surface area (Å²) in [6.45, 7) is 9.91. The fourth-order valence-electron chi connectivity index (χ4n) is 4.64. The van der Waals surface area contributed by atoms with E-state index in [1.54, 1.807) is 17.0 Å². The van der Waals surface area contributed by atoms with E-state index < -0.39 is 22.9 Å². The Balaban J connectivity index is 1.49. The fourth-order valence-corrected chi connectivity index (χ4v) is 6.91. The van der Waals surface area contributed by atoms with Crippen molar-refractivity contribution in [2.75, 3.05) is 24.3 Å². The summed E-state index contributed by atoms with van der Waals surface area (Å²) in [5.41, 5.74) is 2.60. The molecule has 2 heterocycles. The molecule has 3 aromatic rings. The number of aryl methyl sites for hydroxylation is 1. The lowest BCUT2D eigenvalue weighted by atomic mass is 10.0. The molecule has 11 heteroatoms. The maximum absolute atomic E-state index is 13.5. The van der Waals surface area contributed by atoms with Crippen molar-refractivity contribution in [3.63, 3.8) is 0 Å². The second-order valence-corrected chi connectivity index (χ2v) is 13.5. The normalized spacial score (nSPS) is 13.5. The Morgan fingerprint density at radius 2 is 1.81 bits per heavy atom. The third-order valence-electron chi connectivity index (χ3n) is 6.76. The van der Waals surface area contributed by atoms with Crippen LogP contribution in [0.4, 0.5) is 15.5 Å². The van der Waals surface area contributed by atoms with Crippen molar-refractivity contribution >= 4 is 57.7 Å². The summed E-state index contributed by atoms with van der Waals surface area (Å²) in [6, 6.07) is 14.7. The molecule has 9 nitrogen and oxygen atoms in total. The lowest BCUT2D eigenvalue weighted by Crippen LogP contribution is -2.39. The molecule has 43 heavy (non-hydrogen) atoms. The van der Waals surface area contributed by atoms with Gasteiger partial charge in [0.25, 0.3) is 5.91 Å². The van der Waals surface area contributed by atoms with Crippen LogP contribution in [0.15, 0.2) is 53.4 Å². The maximum Gasteiger partial charge on any atom is 0.410 e. The van der Waals surface area contributed by atoms with Gasteiger partial charge in [0, 0.05) is 27.6 Å². The van der Waals surface area contributed by atoms with Gasteiger partial charge in [-0.2, -0.15) is 0 Å². The van der Waals surface area contributed by atoms with Gasteiger partial charge in [0.1, 0.15) is 10.6 Å². The summed E-state index contributed by atoms with van der Waals surface area (Å²) in [6.07, 6.45) is 0.552. The van der Waals surface area contributed by atoms with Gasteiger partial charge in [-0.15, -0.1) is 23.1 Å². The zero-order chi connectivity index (χ0) is 31.3. The number of hydrogen-bond acceptors (Lipinski definition) is 8. The summed E-state index contributed by atoms with van der Waals surface area (Å²) in [4.78, 5) is 55.0. The van der Waals surface area contributed by atoms with Crippen LogP contribution in [0.3, 0.4) is 0 Å². The largest absolute Gasteiger partial charge is 0.465 e.